The molecule has 0 amide bonds. The molecule has 2 heterocycles. The molecule has 15 heavy (non-hydrogen) atoms. The van der Waals surface area contributed by atoms with Gasteiger partial charge >= 0.3 is 5.97 Å². The third kappa shape index (κ3) is 1.74. The molecule has 0 aliphatic heterocycles. The maximum absolute atomic E-state index is 10.6. The van der Waals surface area contributed by atoms with E-state index >= 15 is 0 Å². The molecule has 6 nitrogen and oxygen atoms in total. The summed E-state index contributed by atoms with van der Waals surface area (Å²) in [7, 11) is 1.68. The minimum Gasteiger partial charge on any atom is -0.480 e. The van der Waals surface area contributed by atoms with Crippen LogP contribution in [-0.4, -0.2) is 39.3 Å². The van der Waals surface area contributed by atoms with Gasteiger partial charge in [-0.15, -0.1) is 0 Å². The lowest BCUT2D eigenvalue weighted by Crippen LogP contribution is -2.26. The quantitative estimate of drug-likeness (QED) is 0.779. The number of nitrogens with zero attached hydrogens (tertiary/aromatic N) is 4. The van der Waals surface area contributed by atoms with E-state index in [-0.39, 0.29) is 6.54 Å². The van der Waals surface area contributed by atoms with Crippen LogP contribution < -0.4 is 4.90 Å². The Hall–Kier alpha value is -2.11. The van der Waals surface area contributed by atoms with Gasteiger partial charge in [0.1, 0.15) is 12.1 Å². The summed E-state index contributed by atoms with van der Waals surface area (Å²) in [6.45, 7) is -0.0855. The minimum atomic E-state index is -0.888. The third-order valence-corrected chi connectivity index (χ3v) is 2.04. The predicted molar refractivity (Wildman–Crippen MR) is 53.9 cm³/mol. The van der Waals surface area contributed by atoms with Crippen molar-refractivity contribution in [3.05, 3.63) is 24.7 Å². The Labute approximate surface area is 85.8 Å². The topological polar surface area (TPSA) is 70.7 Å². The average Bonchev–Trinajstić information content (AvgIpc) is 2.63. The van der Waals surface area contributed by atoms with Crippen LogP contribution in [0.4, 0.5) is 5.82 Å². The second-order valence-electron chi connectivity index (χ2n) is 3.16. The SMILES string of the molecule is CN(CC(=O)O)c1nccn2nccc12. The maximum atomic E-state index is 10.6. The number of fused-ring (bicyclic) bond motifs is 1. The number of hydrogen-bond acceptors (Lipinski definition) is 4. The van der Waals surface area contributed by atoms with Crippen LogP contribution in [0.25, 0.3) is 5.52 Å². The van der Waals surface area contributed by atoms with Gasteiger partial charge in [0.25, 0.3) is 0 Å². The number of carboxylic acid groups (broad SMARTS) is 1. The standard InChI is InChI=1S/C9H10N4O2/c1-12(6-8(14)15)9-7-2-3-11-13(7)5-4-10-9/h2-5H,6H2,1H3,(H,14,15). The van der Waals surface area contributed by atoms with Gasteiger partial charge in [-0.1, -0.05) is 0 Å². The number of likely N-dealkylation sites (N-methyl/N-ethyl adjacent to an activating group) is 1. The molecule has 6 heteroatoms. The number of aliphatic carboxylic acids is 1. The Morgan fingerprint density at radius 1 is 1.60 bits per heavy atom. The minimum absolute atomic E-state index is 0.0855. The zero-order chi connectivity index (χ0) is 10.8. The first-order valence-corrected chi connectivity index (χ1v) is 4.40. The molecule has 0 aliphatic carbocycles. The van der Waals surface area contributed by atoms with Crippen molar-refractivity contribution in [2.45, 2.75) is 0 Å². The Morgan fingerprint density at radius 3 is 3.13 bits per heavy atom. The molecule has 1 N–H and O–H groups in total. The molecule has 78 valence electrons. The van der Waals surface area contributed by atoms with Crippen LogP contribution >= 0.6 is 0 Å². The van der Waals surface area contributed by atoms with E-state index in [1.54, 1.807) is 41.1 Å². The van der Waals surface area contributed by atoms with E-state index in [4.69, 9.17) is 5.11 Å². The molecule has 2 aromatic heterocycles. The molecule has 0 aliphatic rings. The monoisotopic (exact) mass is 206 g/mol. The van der Waals surface area contributed by atoms with E-state index < -0.39 is 5.97 Å². The second kappa shape index (κ2) is 3.56. The van der Waals surface area contributed by atoms with Gasteiger partial charge in [0.05, 0.1) is 6.20 Å². The van der Waals surface area contributed by atoms with Crippen molar-refractivity contribution in [1.82, 2.24) is 14.6 Å². The average molecular weight is 206 g/mol. The van der Waals surface area contributed by atoms with E-state index in [0.717, 1.165) is 5.52 Å². The first-order chi connectivity index (χ1) is 7.18. The van der Waals surface area contributed by atoms with Crippen LogP contribution in [-0.2, 0) is 4.79 Å². The molecule has 0 atom stereocenters. The predicted octanol–water partition coefficient (Wildman–Crippen LogP) is 0.250. The molecule has 0 unspecified atom stereocenters. The van der Waals surface area contributed by atoms with Crippen LogP contribution in [0.2, 0.25) is 0 Å². The first kappa shape index (κ1) is 9.45. The number of aromatic nitrogens is 3. The van der Waals surface area contributed by atoms with Crippen molar-refractivity contribution >= 4 is 17.3 Å². The van der Waals surface area contributed by atoms with Crippen LogP contribution in [0.15, 0.2) is 24.7 Å². The molecule has 2 aromatic rings. The highest BCUT2D eigenvalue weighted by molar-refractivity contribution is 5.77. The van der Waals surface area contributed by atoms with Gasteiger partial charge in [0, 0.05) is 19.4 Å². The normalized spacial score (nSPS) is 10.5. The summed E-state index contributed by atoms with van der Waals surface area (Å²) < 4.78 is 1.65. The van der Waals surface area contributed by atoms with Gasteiger partial charge < -0.3 is 10.0 Å². The summed E-state index contributed by atoms with van der Waals surface area (Å²) >= 11 is 0. The molecular weight excluding hydrogens is 196 g/mol. The van der Waals surface area contributed by atoms with Crippen molar-refractivity contribution in [3.63, 3.8) is 0 Å². The summed E-state index contributed by atoms with van der Waals surface area (Å²) in [4.78, 5) is 16.3. The number of hydrogen-bond donors (Lipinski definition) is 1. The lowest BCUT2D eigenvalue weighted by atomic mass is 10.4. The van der Waals surface area contributed by atoms with Gasteiger partial charge in [-0.25, -0.2) is 9.50 Å². The largest absolute Gasteiger partial charge is 0.480 e. The highest BCUT2D eigenvalue weighted by Crippen LogP contribution is 2.15. The van der Waals surface area contributed by atoms with Gasteiger partial charge in [0.15, 0.2) is 5.82 Å². The van der Waals surface area contributed by atoms with E-state index in [0.29, 0.717) is 5.82 Å². The second-order valence-corrected chi connectivity index (χ2v) is 3.16. The molecule has 0 spiro atoms. The van der Waals surface area contributed by atoms with E-state index in [9.17, 15) is 4.79 Å². The van der Waals surface area contributed by atoms with Gasteiger partial charge in [-0.2, -0.15) is 5.10 Å². The molecule has 0 radical (unpaired) electrons. The van der Waals surface area contributed by atoms with Crippen molar-refractivity contribution < 1.29 is 9.90 Å². The molecular formula is C9H10N4O2. The van der Waals surface area contributed by atoms with Crippen molar-refractivity contribution in [3.8, 4) is 0 Å². The summed E-state index contributed by atoms with van der Waals surface area (Å²) in [5.41, 5.74) is 0.793. The smallest absolute Gasteiger partial charge is 0.323 e. The van der Waals surface area contributed by atoms with E-state index in [1.165, 1.54) is 0 Å². The fraction of sp³-hybridized carbons (Fsp3) is 0.222. The fourth-order valence-corrected chi connectivity index (χ4v) is 1.42. The summed E-state index contributed by atoms with van der Waals surface area (Å²) in [5, 5.41) is 12.7. The molecule has 0 saturated heterocycles. The van der Waals surface area contributed by atoms with Crippen molar-refractivity contribution in [2.24, 2.45) is 0 Å². The Kier molecular flexibility index (Phi) is 2.24. The Morgan fingerprint density at radius 2 is 2.40 bits per heavy atom. The highest BCUT2D eigenvalue weighted by atomic mass is 16.4. The molecule has 0 fully saturated rings. The Bertz CT molecular complexity index is 494. The number of anilines is 1. The first-order valence-electron chi connectivity index (χ1n) is 4.40. The number of rotatable bonds is 3. The van der Waals surface area contributed by atoms with Crippen LogP contribution in [0.1, 0.15) is 0 Å². The lowest BCUT2D eigenvalue weighted by Gasteiger charge is -2.15. The Balaban J connectivity index is 2.42. The number of carbonyl (C=O) groups is 1. The van der Waals surface area contributed by atoms with Crippen LogP contribution in [0, 0.1) is 0 Å². The lowest BCUT2D eigenvalue weighted by molar-refractivity contribution is -0.135. The maximum Gasteiger partial charge on any atom is 0.323 e. The molecule has 0 aromatic carbocycles. The van der Waals surface area contributed by atoms with E-state index in [1.807, 2.05) is 0 Å². The van der Waals surface area contributed by atoms with Crippen molar-refractivity contribution in [2.75, 3.05) is 18.5 Å². The molecule has 2 rings (SSSR count). The third-order valence-electron chi connectivity index (χ3n) is 2.04. The summed E-state index contributed by atoms with van der Waals surface area (Å²) in [5.74, 6) is -0.279. The van der Waals surface area contributed by atoms with E-state index in [2.05, 4.69) is 10.1 Å². The van der Waals surface area contributed by atoms with Crippen molar-refractivity contribution in [1.29, 1.82) is 0 Å². The van der Waals surface area contributed by atoms with Crippen LogP contribution in [0.3, 0.4) is 0 Å². The molecule has 0 saturated carbocycles. The zero-order valence-corrected chi connectivity index (χ0v) is 8.16. The summed E-state index contributed by atoms with van der Waals surface area (Å²) in [6, 6.07) is 1.79. The molecule has 0 bridgehead atoms. The fourth-order valence-electron chi connectivity index (χ4n) is 1.42. The van der Waals surface area contributed by atoms with Crippen LogP contribution in [0.5, 0.6) is 0 Å². The number of carboxylic acids is 1. The van der Waals surface area contributed by atoms with Gasteiger partial charge in [-0.05, 0) is 6.07 Å². The van der Waals surface area contributed by atoms with Gasteiger partial charge in [0.2, 0.25) is 0 Å². The zero-order valence-electron chi connectivity index (χ0n) is 8.16. The van der Waals surface area contributed by atoms with Gasteiger partial charge in [-0.3, -0.25) is 4.79 Å². The highest BCUT2D eigenvalue weighted by Gasteiger charge is 2.10. The summed E-state index contributed by atoms with van der Waals surface area (Å²) in [6.07, 6.45) is 4.95.